The summed E-state index contributed by atoms with van der Waals surface area (Å²) in [5, 5.41) is 21.4. The number of fused-ring (bicyclic) bond motifs is 1. The van der Waals surface area contributed by atoms with Crippen molar-refractivity contribution in [2.75, 3.05) is 0 Å². The molecule has 0 aliphatic carbocycles. The molecule has 2 aromatic rings. The molecule has 0 aliphatic rings. The van der Waals surface area contributed by atoms with Crippen LogP contribution in [0, 0.1) is 0 Å². The highest BCUT2D eigenvalue weighted by Gasteiger charge is 2.13. The van der Waals surface area contributed by atoms with Crippen LogP contribution in [-0.2, 0) is 4.79 Å². The average molecular weight is 236 g/mol. The van der Waals surface area contributed by atoms with Crippen LogP contribution in [0.3, 0.4) is 0 Å². The van der Waals surface area contributed by atoms with Gasteiger partial charge in [-0.3, -0.25) is 4.79 Å². The van der Waals surface area contributed by atoms with E-state index in [2.05, 4.69) is 0 Å². The first-order valence-corrected chi connectivity index (χ1v) is 5.92. The van der Waals surface area contributed by atoms with Crippen molar-refractivity contribution in [3.63, 3.8) is 0 Å². The minimum Gasteiger partial charge on any atom is -0.481 e. The molecule has 84 valence electrons. The molecular weight excluding hydrogens is 224 g/mol. The van der Waals surface area contributed by atoms with Gasteiger partial charge in [0.05, 0.1) is 6.10 Å². The largest absolute Gasteiger partial charge is 0.481 e. The second-order valence-electron chi connectivity index (χ2n) is 3.64. The van der Waals surface area contributed by atoms with Crippen molar-refractivity contribution >= 4 is 27.4 Å². The van der Waals surface area contributed by atoms with Crippen molar-refractivity contribution in [2.24, 2.45) is 0 Å². The molecule has 0 saturated carbocycles. The van der Waals surface area contributed by atoms with Gasteiger partial charge >= 0.3 is 5.97 Å². The third kappa shape index (κ3) is 2.23. The third-order valence-electron chi connectivity index (χ3n) is 2.50. The van der Waals surface area contributed by atoms with E-state index in [4.69, 9.17) is 5.11 Å². The number of aliphatic hydroxyl groups is 1. The van der Waals surface area contributed by atoms with E-state index < -0.39 is 12.1 Å². The highest BCUT2D eigenvalue weighted by molar-refractivity contribution is 7.17. The molecule has 0 bridgehead atoms. The van der Waals surface area contributed by atoms with E-state index in [0.29, 0.717) is 0 Å². The molecule has 4 heteroatoms. The Kier molecular flexibility index (Phi) is 3.22. The maximum absolute atomic E-state index is 10.4. The highest BCUT2D eigenvalue weighted by Crippen LogP contribution is 2.31. The number of aliphatic hydroxyl groups excluding tert-OH is 1. The van der Waals surface area contributed by atoms with Crippen LogP contribution in [0.25, 0.3) is 10.1 Å². The topological polar surface area (TPSA) is 57.5 Å². The van der Waals surface area contributed by atoms with Crippen molar-refractivity contribution in [1.82, 2.24) is 0 Å². The fraction of sp³-hybridized carbons (Fsp3) is 0.250. The van der Waals surface area contributed by atoms with Crippen molar-refractivity contribution in [1.29, 1.82) is 0 Å². The summed E-state index contributed by atoms with van der Waals surface area (Å²) in [6.45, 7) is 0. The lowest BCUT2D eigenvalue weighted by atomic mass is 10.0. The van der Waals surface area contributed by atoms with Crippen LogP contribution in [0.5, 0.6) is 0 Å². The molecule has 0 aliphatic heterocycles. The van der Waals surface area contributed by atoms with E-state index in [-0.39, 0.29) is 12.8 Å². The molecule has 1 aromatic heterocycles. The lowest BCUT2D eigenvalue weighted by Crippen LogP contribution is -2.01. The summed E-state index contributed by atoms with van der Waals surface area (Å²) in [6, 6.07) is 7.81. The molecule has 2 rings (SSSR count). The van der Waals surface area contributed by atoms with Gasteiger partial charge in [-0.15, -0.1) is 11.3 Å². The molecule has 0 spiro atoms. The molecule has 0 saturated heterocycles. The standard InChI is InChI=1S/C12H12O3S/c13-10(5-6-12(14)15)9-7-16-11-4-2-1-3-8(9)11/h1-4,7,10,13H,5-6H2,(H,14,15). The lowest BCUT2D eigenvalue weighted by molar-refractivity contribution is -0.137. The molecule has 1 heterocycles. The van der Waals surface area contributed by atoms with E-state index in [0.717, 1.165) is 15.6 Å². The lowest BCUT2D eigenvalue weighted by Gasteiger charge is -2.07. The van der Waals surface area contributed by atoms with Crippen LogP contribution in [0.15, 0.2) is 29.6 Å². The van der Waals surface area contributed by atoms with Gasteiger partial charge in [0.2, 0.25) is 0 Å². The van der Waals surface area contributed by atoms with Gasteiger partial charge in [-0.1, -0.05) is 18.2 Å². The zero-order chi connectivity index (χ0) is 11.5. The van der Waals surface area contributed by atoms with Gasteiger partial charge in [-0.05, 0) is 28.8 Å². The van der Waals surface area contributed by atoms with Gasteiger partial charge in [0.25, 0.3) is 0 Å². The minimum absolute atomic E-state index is 0.00859. The third-order valence-corrected chi connectivity index (χ3v) is 3.48. The van der Waals surface area contributed by atoms with E-state index >= 15 is 0 Å². The first-order chi connectivity index (χ1) is 7.68. The summed E-state index contributed by atoms with van der Waals surface area (Å²) in [7, 11) is 0. The molecule has 0 fully saturated rings. The number of benzene rings is 1. The van der Waals surface area contributed by atoms with Crippen LogP contribution in [0.2, 0.25) is 0 Å². The molecule has 1 atom stereocenters. The van der Waals surface area contributed by atoms with Crippen LogP contribution in [-0.4, -0.2) is 16.2 Å². The smallest absolute Gasteiger partial charge is 0.303 e. The second kappa shape index (κ2) is 4.63. The summed E-state index contributed by atoms with van der Waals surface area (Å²) in [5.74, 6) is -0.876. The molecule has 3 nitrogen and oxygen atoms in total. The van der Waals surface area contributed by atoms with E-state index in [1.54, 1.807) is 11.3 Å². The van der Waals surface area contributed by atoms with Crippen molar-refractivity contribution in [3.05, 3.63) is 35.2 Å². The number of hydrogen-bond donors (Lipinski definition) is 2. The van der Waals surface area contributed by atoms with Crippen molar-refractivity contribution in [3.8, 4) is 0 Å². The zero-order valence-corrected chi connectivity index (χ0v) is 9.41. The second-order valence-corrected chi connectivity index (χ2v) is 4.55. The Labute approximate surface area is 97.0 Å². The molecule has 2 N–H and O–H groups in total. The van der Waals surface area contributed by atoms with Crippen LogP contribution >= 0.6 is 11.3 Å². The summed E-state index contributed by atoms with van der Waals surface area (Å²) < 4.78 is 1.12. The molecule has 0 amide bonds. The minimum atomic E-state index is -0.876. The van der Waals surface area contributed by atoms with Gasteiger partial charge in [0, 0.05) is 11.1 Å². The average Bonchev–Trinajstić information content (AvgIpc) is 2.69. The number of rotatable bonds is 4. The molecule has 0 radical (unpaired) electrons. The predicted octanol–water partition coefficient (Wildman–Crippen LogP) is 2.80. The van der Waals surface area contributed by atoms with Crippen LogP contribution in [0.1, 0.15) is 24.5 Å². The summed E-state index contributed by atoms with van der Waals surface area (Å²) in [6.07, 6.45) is -0.436. The maximum atomic E-state index is 10.4. The Balaban J connectivity index is 2.22. The Morgan fingerprint density at radius 3 is 2.88 bits per heavy atom. The Hall–Kier alpha value is -1.39. The van der Waals surface area contributed by atoms with Gasteiger partial charge in [-0.25, -0.2) is 0 Å². The molecule has 1 aromatic carbocycles. The van der Waals surface area contributed by atoms with Gasteiger partial charge in [-0.2, -0.15) is 0 Å². The van der Waals surface area contributed by atoms with Crippen LogP contribution < -0.4 is 0 Å². The monoisotopic (exact) mass is 236 g/mol. The first kappa shape index (κ1) is 11.1. The normalized spacial score (nSPS) is 12.8. The van der Waals surface area contributed by atoms with Crippen molar-refractivity contribution < 1.29 is 15.0 Å². The number of carboxylic acids is 1. The van der Waals surface area contributed by atoms with Gasteiger partial charge < -0.3 is 10.2 Å². The summed E-state index contributed by atoms with van der Waals surface area (Å²) in [4.78, 5) is 10.4. The summed E-state index contributed by atoms with van der Waals surface area (Å²) in [5.41, 5.74) is 0.835. The first-order valence-electron chi connectivity index (χ1n) is 5.04. The summed E-state index contributed by atoms with van der Waals surface area (Å²) >= 11 is 1.57. The quantitative estimate of drug-likeness (QED) is 0.858. The zero-order valence-electron chi connectivity index (χ0n) is 8.59. The van der Waals surface area contributed by atoms with Crippen molar-refractivity contribution in [2.45, 2.75) is 18.9 Å². The van der Waals surface area contributed by atoms with E-state index in [1.807, 2.05) is 29.6 Å². The Bertz CT molecular complexity index is 504. The van der Waals surface area contributed by atoms with Crippen LogP contribution in [0.4, 0.5) is 0 Å². The maximum Gasteiger partial charge on any atom is 0.303 e. The molecule has 16 heavy (non-hydrogen) atoms. The Morgan fingerprint density at radius 2 is 2.12 bits per heavy atom. The van der Waals surface area contributed by atoms with E-state index in [9.17, 15) is 9.90 Å². The Morgan fingerprint density at radius 1 is 1.38 bits per heavy atom. The molecule has 1 unspecified atom stereocenters. The number of hydrogen-bond acceptors (Lipinski definition) is 3. The van der Waals surface area contributed by atoms with E-state index in [1.165, 1.54) is 0 Å². The predicted molar refractivity (Wildman–Crippen MR) is 63.7 cm³/mol. The number of carboxylic acid groups (broad SMARTS) is 1. The van der Waals surface area contributed by atoms with Gasteiger partial charge in [0.1, 0.15) is 0 Å². The molecular formula is C12H12O3S. The fourth-order valence-corrected chi connectivity index (χ4v) is 2.68. The fourth-order valence-electron chi connectivity index (χ4n) is 1.67. The number of carbonyl (C=O) groups is 1. The SMILES string of the molecule is O=C(O)CCC(O)c1csc2ccccc12. The van der Waals surface area contributed by atoms with Gasteiger partial charge in [0.15, 0.2) is 0 Å². The highest BCUT2D eigenvalue weighted by atomic mass is 32.1. The number of thiophene rings is 1. The number of aliphatic carboxylic acids is 1.